The fraction of sp³-hybridized carbons (Fsp3) is 0.211. The third kappa shape index (κ3) is 4.59. The lowest BCUT2D eigenvalue weighted by Gasteiger charge is -2.17. The van der Waals surface area contributed by atoms with Gasteiger partial charge in [0.2, 0.25) is 11.8 Å². The second-order valence-electron chi connectivity index (χ2n) is 6.07. The molecule has 0 aliphatic carbocycles. The Hall–Kier alpha value is -2.57. The predicted molar refractivity (Wildman–Crippen MR) is 107 cm³/mol. The lowest BCUT2D eigenvalue weighted by Crippen LogP contribution is -2.35. The Morgan fingerprint density at radius 2 is 1.81 bits per heavy atom. The first kappa shape index (κ1) is 19.2. The van der Waals surface area contributed by atoms with E-state index in [9.17, 15) is 9.59 Å². The van der Waals surface area contributed by atoms with E-state index in [1.165, 1.54) is 4.90 Å². The molecule has 1 N–H and O–H groups in total. The number of rotatable bonds is 6. The number of carbonyl (C=O) groups is 2. The molecule has 0 bridgehead atoms. The van der Waals surface area contributed by atoms with Crippen LogP contribution in [0.25, 0.3) is 11.0 Å². The van der Waals surface area contributed by atoms with E-state index in [0.717, 1.165) is 11.0 Å². The molecule has 3 rings (SSSR count). The van der Waals surface area contributed by atoms with Crippen LogP contribution in [0.15, 0.2) is 48.8 Å². The number of aryl methyl sites for hydroxylation is 1. The van der Waals surface area contributed by atoms with E-state index in [0.29, 0.717) is 22.3 Å². The standard InChI is InChI=1S/C19H18Cl2N4O2/c1-24(11-17(26)23-19-13(20)5-4-6-14(19)21)18(27)9-10-25-12-22-15-7-2-3-8-16(15)25/h2-8,12H,9-11H2,1H3,(H,23,26). The van der Waals surface area contributed by atoms with Crippen molar-refractivity contribution in [1.29, 1.82) is 0 Å². The zero-order valence-corrected chi connectivity index (χ0v) is 16.2. The van der Waals surface area contributed by atoms with Crippen LogP contribution in [0.1, 0.15) is 6.42 Å². The van der Waals surface area contributed by atoms with E-state index in [-0.39, 0.29) is 24.8 Å². The molecule has 1 heterocycles. The quantitative estimate of drug-likeness (QED) is 0.678. The SMILES string of the molecule is CN(CC(=O)Nc1c(Cl)cccc1Cl)C(=O)CCn1cnc2ccccc21. The van der Waals surface area contributed by atoms with Crippen molar-refractivity contribution < 1.29 is 9.59 Å². The number of hydrogen-bond donors (Lipinski definition) is 1. The molecule has 140 valence electrons. The fourth-order valence-electron chi connectivity index (χ4n) is 2.70. The highest BCUT2D eigenvalue weighted by molar-refractivity contribution is 6.39. The van der Waals surface area contributed by atoms with E-state index in [4.69, 9.17) is 23.2 Å². The first-order chi connectivity index (χ1) is 13.0. The monoisotopic (exact) mass is 404 g/mol. The number of aromatic nitrogens is 2. The molecule has 0 aliphatic rings. The third-order valence-electron chi connectivity index (χ3n) is 4.13. The summed E-state index contributed by atoms with van der Waals surface area (Å²) in [4.78, 5) is 30.2. The van der Waals surface area contributed by atoms with Gasteiger partial charge in [-0.2, -0.15) is 0 Å². The Balaban J connectivity index is 1.55. The largest absolute Gasteiger partial charge is 0.336 e. The zero-order chi connectivity index (χ0) is 19.4. The van der Waals surface area contributed by atoms with Gasteiger partial charge in [-0.15, -0.1) is 0 Å². The van der Waals surface area contributed by atoms with Crippen molar-refractivity contribution in [2.45, 2.75) is 13.0 Å². The van der Waals surface area contributed by atoms with Crippen molar-refractivity contribution in [3.8, 4) is 0 Å². The van der Waals surface area contributed by atoms with E-state index in [1.807, 2.05) is 28.8 Å². The molecule has 0 radical (unpaired) electrons. The van der Waals surface area contributed by atoms with Crippen LogP contribution in [0.5, 0.6) is 0 Å². The van der Waals surface area contributed by atoms with Gasteiger partial charge in [-0.3, -0.25) is 9.59 Å². The van der Waals surface area contributed by atoms with Crippen LogP contribution >= 0.6 is 23.2 Å². The number of para-hydroxylation sites is 3. The summed E-state index contributed by atoms with van der Waals surface area (Å²) in [6.07, 6.45) is 1.97. The van der Waals surface area contributed by atoms with Gasteiger partial charge in [0.05, 0.1) is 39.6 Å². The van der Waals surface area contributed by atoms with Gasteiger partial charge in [-0.1, -0.05) is 41.4 Å². The molecule has 0 unspecified atom stereocenters. The van der Waals surface area contributed by atoms with Crippen molar-refractivity contribution in [2.24, 2.45) is 0 Å². The summed E-state index contributed by atoms with van der Waals surface area (Å²) in [7, 11) is 1.59. The second kappa shape index (κ2) is 8.41. The molecule has 3 aromatic rings. The number of amides is 2. The van der Waals surface area contributed by atoms with Crippen LogP contribution in [0, 0.1) is 0 Å². The van der Waals surface area contributed by atoms with E-state index >= 15 is 0 Å². The summed E-state index contributed by atoms with van der Waals surface area (Å²) in [6, 6.07) is 12.7. The lowest BCUT2D eigenvalue weighted by molar-refractivity contribution is -0.133. The topological polar surface area (TPSA) is 67.2 Å². The number of anilines is 1. The lowest BCUT2D eigenvalue weighted by atomic mass is 10.3. The first-order valence-corrected chi connectivity index (χ1v) is 9.09. The maximum Gasteiger partial charge on any atom is 0.244 e. The summed E-state index contributed by atoms with van der Waals surface area (Å²) >= 11 is 12.1. The Bertz CT molecular complexity index is 967. The Morgan fingerprint density at radius 3 is 2.56 bits per heavy atom. The number of likely N-dealkylation sites (N-methyl/N-ethyl adjacent to an activating group) is 1. The summed E-state index contributed by atoms with van der Waals surface area (Å²) in [5.41, 5.74) is 2.20. The number of carbonyl (C=O) groups excluding carboxylic acids is 2. The predicted octanol–water partition coefficient (Wildman–Crippen LogP) is 3.83. The van der Waals surface area contributed by atoms with Crippen LogP contribution < -0.4 is 5.32 Å². The highest BCUT2D eigenvalue weighted by Crippen LogP contribution is 2.29. The van der Waals surface area contributed by atoms with Gasteiger partial charge < -0.3 is 14.8 Å². The van der Waals surface area contributed by atoms with Crippen LogP contribution in [-0.4, -0.2) is 39.9 Å². The molecule has 6 nitrogen and oxygen atoms in total. The molecule has 2 aromatic carbocycles. The van der Waals surface area contributed by atoms with Crippen LogP contribution in [0.2, 0.25) is 10.0 Å². The summed E-state index contributed by atoms with van der Waals surface area (Å²) in [6.45, 7) is 0.396. The molecule has 0 atom stereocenters. The number of nitrogens with one attached hydrogen (secondary N) is 1. The van der Waals surface area contributed by atoms with Crippen LogP contribution in [0.4, 0.5) is 5.69 Å². The van der Waals surface area contributed by atoms with Gasteiger partial charge in [0.25, 0.3) is 0 Å². The van der Waals surface area contributed by atoms with Crippen molar-refractivity contribution in [3.05, 3.63) is 58.8 Å². The number of halogens is 2. The fourth-order valence-corrected chi connectivity index (χ4v) is 3.19. The molecule has 0 saturated heterocycles. The molecule has 0 fully saturated rings. The van der Waals surface area contributed by atoms with Crippen molar-refractivity contribution in [3.63, 3.8) is 0 Å². The molecule has 8 heteroatoms. The molecule has 2 amide bonds. The third-order valence-corrected chi connectivity index (χ3v) is 4.76. The maximum absolute atomic E-state index is 12.4. The number of benzene rings is 2. The van der Waals surface area contributed by atoms with Crippen LogP contribution in [-0.2, 0) is 16.1 Å². The molecular weight excluding hydrogens is 387 g/mol. The molecule has 1 aromatic heterocycles. The van der Waals surface area contributed by atoms with E-state index in [2.05, 4.69) is 10.3 Å². The smallest absolute Gasteiger partial charge is 0.244 e. The minimum absolute atomic E-state index is 0.0922. The van der Waals surface area contributed by atoms with Gasteiger partial charge in [0, 0.05) is 20.0 Å². The van der Waals surface area contributed by atoms with Crippen LogP contribution in [0.3, 0.4) is 0 Å². The minimum Gasteiger partial charge on any atom is -0.336 e. The van der Waals surface area contributed by atoms with Gasteiger partial charge in [0.1, 0.15) is 0 Å². The normalized spacial score (nSPS) is 10.8. The van der Waals surface area contributed by atoms with Crippen molar-refractivity contribution >= 4 is 51.7 Å². The Labute approximate surface area is 166 Å². The van der Waals surface area contributed by atoms with Crippen molar-refractivity contribution in [1.82, 2.24) is 14.5 Å². The summed E-state index contributed by atoms with van der Waals surface area (Å²) in [5, 5.41) is 3.33. The molecule has 0 spiro atoms. The van der Waals surface area contributed by atoms with Gasteiger partial charge in [0.15, 0.2) is 0 Å². The molecular formula is C19H18Cl2N4O2. The summed E-state index contributed by atoms with van der Waals surface area (Å²) in [5.74, 6) is -0.512. The van der Waals surface area contributed by atoms with Gasteiger partial charge >= 0.3 is 0 Å². The average molecular weight is 405 g/mol. The van der Waals surface area contributed by atoms with Gasteiger partial charge in [-0.05, 0) is 24.3 Å². The highest BCUT2D eigenvalue weighted by atomic mass is 35.5. The maximum atomic E-state index is 12.4. The summed E-state index contributed by atoms with van der Waals surface area (Å²) < 4.78 is 1.92. The first-order valence-electron chi connectivity index (χ1n) is 8.33. The van der Waals surface area contributed by atoms with Crippen molar-refractivity contribution in [2.75, 3.05) is 18.9 Å². The zero-order valence-electron chi connectivity index (χ0n) is 14.7. The van der Waals surface area contributed by atoms with E-state index < -0.39 is 0 Å². The average Bonchev–Trinajstić information content (AvgIpc) is 3.06. The van der Waals surface area contributed by atoms with E-state index in [1.54, 1.807) is 31.6 Å². The molecule has 27 heavy (non-hydrogen) atoms. The highest BCUT2D eigenvalue weighted by Gasteiger charge is 2.15. The molecule has 0 saturated carbocycles. The Morgan fingerprint density at radius 1 is 1.11 bits per heavy atom. The minimum atomic E-state index is -0.367. The number of hydrogen-bond acceptors (Lipinski definition) is 3. The van der Waals surface area contributed by atoms with Gasteiger partial charge in [-0.25, -0.2) is 4.98 Å². The number of fused-ring (bicyclic) bond motifs is 1. The number of nitrogens with zero attached hydrogens (tertiary/aromatic N) is 3. The Kier molecular flexibility index (Phi) is 5.98. The second-order valence-corrected chi connectivity index (χ2v) is 6.89. The number of imidazole rings is 1. The molecule has 0 aliphatic heterocycles.